The summed E-state index contributed by atoms with van der Waals surface area (Å²) in [7, 11) is 0.120. The van der Waals surface area contributed by atoms with E-state index in [-0.39, 0.29) is 13.5 Å². The van der Waals surface area contributed by atoms with Crippen LogP contribution in [0.1, 0.15) is 5.56 Å². The van der Waals surface area contributed by atoms with Gasteiger partial charge in [0.25, 0.3) is 0 Å². The van der Waals surface area contributed by atoms with Gasteiger partial charge in [-0.15, -0.1) is 0 Å². The minimum atomic E-state index is -0.161. The first-order chi connectivity index (χ1) is 6.52. The molecule has 4 radical (unpaired) electrons. The number of hydrogen-bond donors (Lipinski definition) is 0. The van der Waals surface area contributed by atoms with E-state index in [2.05, 4.69) is 19.6 Å². The van der Waals surface area contributed by atoms with Crippen LogP contribution < -0.4 is 0 Å². The predicted molar refractivity (Wildman–Crippen MR) is 64.6 cm³/mol. The van der Waals surface area contributed by atoms with E-state index in [9.17, 15) is 4.39 Å². The van der Waals surface area contributed by atoms with Gasteiger partial charge in [-0.25, -0.2) is 0 Å². The van der Waals surface area contributed by atoms with Crippen molar-refractivity contribution >= 4 is 31.4 Å². The van der Waals surface area contributed by atoms with Crippen LogP contribution in [0.15, 0.2) is 35.0 Å². The zero-order valence-corrected chi connectivity index (χ0v) is 11.9. The third kappa shape index (κ3) is 9.74. The van der Waals surface area contributed by atoms with Crippen molar-refractivity contribution < 1.29 is 4.39 Å². The average molecular weight is 267 g/mol. The summed E-state index contributed by atoms with van der Waals surface area (Å²) in [5.41, 5.74) is 0.905. The van der Waals surface area contributed by atoms with E-state index in [4.69, 9.17) is 0 Å². The molecular formula is C11H15FGeSi. The Balaban J connectivity index is 0.000000364. The van der Waals surface area contributed by atoms with Crippen LogP contribution in [0, 0.1) is 0 Å². The third-order valence-electron chi connectivity index (χ3n) is 1.09. The van der Waals surface area contributed by atoms with E-state index in [0.717, 1.165) is 5.56 Å². The molecule has 1 aromatic carbocycles. The van der Waals surface area contributed by atoms with E-state index in [1.54, 1.807) is 0 Å². The Morgan fingerprint density at radius 1 is 1.21 bits per heavy atom. The van der Waals surface area contributed by atoms with Gasteiger partial charge < -0.3 is 0 Å². The van der Waals surface area contributed by atoms with Crippen molar-refractivity contribution in [3.63, 3.8) is 0 Å². The molecule has 3 heteroatoms. The van der Waals surface area contributed by atoms with Crippen LogP contribution in [0.5, 0.6) is 0 Å². The summed E-state index contributed by atoms with van der Waals surface area (Å²) in [6, 6.07) is 9.40. The van der Waals surface area contributed by atoms with Crippen LogP contribution in [0.25, 0.3) is 6.08 Å². The topological polar surface area (TPSA) is 0 Å². The van der Waals surface area contributed by atoms with E-state index in [1.165, 1.54) is 22.6 Å². The van der Waals surface area contributed by atoms with Crippen LogP contribution in [-0.4, -0.2) is 25.3 Å². The second-order valence-electron chi connectivity index (χ2n) is 3.40. The molecule has 0 nitrogen and oxygen atoms in total. The summed E-state index contributed by atoms with van der Waals surface area (Å²) in [4.78, 5) is 0. The van der Waals surface area contributed by atoms with Crippen molar-refractivity contribution in [1.82, 2.24) is 0 Å². The van der Waals surface area contributed by atoms with Gasteiger partial charge in [0.05, 0.1) is 0 Å². The summed E-state index contributed by atoms with van der Waals surface area (Å²) in [6.07, 6.45) is 1.50. The monoisotopic (exact) mass is 268 g/mol. The fourth-order valence-electron chi connectivity index (χ4n) is 0.696. The van der Waals surface area contributed by atoms with Gasteiger partial charge in [-0.2, -0.15) is 0 Å². The molecule has 0 aliphatic heterocycles. The molecule has 0 atom stereocenters. The first-order valence-electron chi connectivity index (χ1n) is 4.43. The molecule has 0 bridgehead atoms. The summed E-state index contributed by atoms with van der Waals surface area (Å²) in [5, 5.41) is 0. The zero-order chi connectivity index (χ0) is 11.0. The van der Waals surface area contributed by atoms with E-state index >= 15 is 0 Å². The molecule has 14 heavy (non-hydrogen) atoms. The SMILES string of the molecule is C[Si](C)C.F/[C]([Ge])=C\c1ccccc1. The van der Waals surface area contributed by atoms with Crippen LogP contribution in [0.3, 0.4) is 0 Å². The number of rotatable bonds is 1. The summed E-state index contributed by atoms with van der Waals surface area (Å²) < 4.78 is 12.1. The molecule has 0 aromatic heterocycles. The fourth-order valence-corrected chi connectivity index (χ4v) is 1.05. The van der Waals surface area contributed by atoms with Crippen LogP contribution in [0.2, 0.25) is 19.6 Å². The van der Waals surface area contributed by atoms with Crippen molar-refractivity contribution in [2.75, 3.05) is 0 Å². The Bertz CT molecular complexity index is 263. The standard InChI is InChI=1S/C8H6FGe.C3H9Si/c9-8(10)6-7-4-2-1-3-5-7;1-4(2)3/h1-6H;1-3H3/b8-6+;. The van der Waals surface area contributed by atoms with Crippen molar-refractivity contribution in [3.8, 4) is 0 Å². The number of benzene rings is 1. The van der Waals surface area contributed by atoms with Gasteiger partial charge in [0, 0.05) is 8.80 Å². The van der Waals surface area contributed by atoms with Crippen LogP contribution in [-0.2, 0) is 0 Å². The molecule has 0 heterocycles. The number of halogens is 1. The second kappa shape index (κ2) is 8.00. The Labute approximate surface area is 96.1 Å². The summed E-state index contributed by atoms with van der Waals surface area (Å²) >= 11 is 1.44. The quantitative estimate of drug-likeness (QED) is 0.683. The first-order valence-corrected chi connectivity index (χ1v) is 8.48. The molecule has 0 saturated heterocycles. The third-order valence-corrected chi connectivity index (χ3v) is 1.40. The van der Waals surface area contributed by atoms with Gasteiger partial charge in [-0.3, -0.25) is 0 Å². The molecule has 1 aromatic rings. The molecule has 0 unspecified atom stereocenters. The predicted octanol–water partition coefficient (Wildman–Crippen LogP) is 3.49. The van der Waals surface area contributed by atoms with Crippen LogP contribution >= 0.6 is 0 Å². The molecule has 0 aliphatic carbocycles. The normalized spacial score (nSPS) is 10.9. The molecular weight excluding hydrogens is 252 g/mol. The fraction of sp³-hybridized carbons (Fsp3) is 0.273. The van der Waals surface area contributed by atoms with Gasteiger partial charge >= 0.3 is 67.5 Å². The molecule has 1 rings (SSSR count). The Kier molecular flexibility index (Phi) is 7.80. The molecule has 0 N–H and O–H groups in total. The zero-order valence-electron chi connectivity index (χ0n) is 8.84. The van der Waals surface area contributed by atoms with Crippen LogP contribution in [0.4, 0.5) is 4.39 Å². The summed E-state index contributed by atoms with van der Waals surface area (Å²) in [5.74, 6) is 0. The Morgan fingerprint density at radius 3 is 2.00 bits per heavy atom. The molecule has 0 spiro atoms. The van der Waals surface area contributed by atoms with Crippen molar-refractivity contribution in [1.29, 1.82) is 0 Å². The number of hydrogen-bond acceptors (Lipinski definition) is 0. The first kappa shape index (κ1) is 13.6. The minimum absolute atomic E-state index is 0.120. The molecule has 0 aliphatic rings. The summed E-state index contributed by atoms with van der Waals surface area (Å²) in [6.45, 7) is 6.81. The van der Waals surface area contributed by atoms with Gasteiger partial charge in [0.1, 0.15) is 0 Å². The average Bonchev–Trinajstić information content (AvgIpc) is 2.03. The van der Waals surface area contributed by atoms with Gasteiger partial charge in [0.2, 0.25) is 0 Å². The molecule has 0 saturated carbocycles. The van der Waals surface area contributed by atoms with Gasteiger partial charge in [0.15, 0.2) is 0 Å². The Morgan fingerprint density at radius 2 is 1.64 bits per heavy atom. The maximum absolute atomic E-state index is 12.2. The molecule has 74 valence electrons. The van der Waals surface area contributed by atoms with Crippen molar-refractivity contribution in [2.24, 2.45) is 0 Å². The Hall–Kier alpha value is -0.350. The van der Waals surface area contributed by atoms with Gasteiger partial charge in [-0.05, 0) is 0 Å². The molecule has 0 amide bonds. The second-order valence-corrected chi connectivity index (χ2v) is 7.41. The van der Waals surface area contributed by atoms with Crippen molar-refractivity contribution in [3.05, 3.63) is 40.6 Å². The molecule has 0 fully saturated rings. The maximum atomic E-state index is 12.2. The van der Waals surface area contributed by atoms with Crippen molar-refractivity contribution in [2.45, 2.75) is 19.6 Å². The van der Waals surface area contributed by atoms with Gasteiger partial charge in [-0.1, -0.05) is 19.6 Å². The van der Waals surface area contributed by atoms with E-state index < -0.39 is 0 Å². The van der Waals surface area contributed by atoms with E-state index in [1.807, 2.05) is 30.3 Å². The van der Waals surface area contributed by atoms with E-state index in [0.29, 0.717) is 0 Å².